The van der Waals surface area contributed by atoms with Crippen LogP contribution in [0, 0.1) is 19.8 Å². The number of ether oxygens (including phenoxy) is 1. The molecular weight excluding hydrogens is 346 g/mol. The Hall–Kier alpha value is -1.45. The van der Waals surface area contributed by atoms with Crippen LogP contribution < -0.4 is 0 Å². The van der Waals surface area contributed by atoms with E-state index in [1.165, 1.54) is 4.31 Å². The summed E-state index contributed by atoms with van der Waals surface area (Å²) in [5.41, 5.74) is 0.373. The molecule has 140 valence electrons. The van der Waals surface area contributed by atoms with Gasteiger partial charge in [0.15, 0.2) is 5.76 Å². The van der Waals surface area contributed by atoms with Crippen molar-refractivity contribution in [1.82, 2.24) is 14.4 Å². The molecule has 0 bridgehead atoms. The van der Waals surface area contributed by atoms with Gasteiger partial charge in [-0.25, -0.2) is 8.42 Å². The lowest BCUT2D eigenvalue weighted by atomic mass is 9.96. The number of carbonyl (C=O) groups excluding carboxylic acids is 1. The number of aryl methyl sites for hydroxylation is 2. The summed E-state index contributed by atoms with van der Waals surface area (Å²) in [6, 6.07) is 0. The molecule has 3 rings (SSSR count). The summed E-state index contributed by atoms with van der Waals surface area (Å²) in [6.45, 7) is 7.63. The number of carbonyl (C=O) groups is 1. The van der Waals surface area contributed by atoms with E-state index in [0.29, 0.717) is 57.1 Å². The fourth-order valence-electron chi connectivity index (χ4n) is 3.59. The van der Waals surface area contributed by atoms with Crippen LogP contribution in [0.4, 0.5) is 0 Å². The van der Waals surface area contributed by atoms with Gasteiger partial charge in [-0.15, -0.1) is 0 Å². The van der Waals surface area contributed by atoms with Crippen molar-refractivity contribution in [2.24, 2.45) is 5.92 Å². The molecular formula is C16H25N3O5S. The Balaban J connectivity index is 1.65. The zero-order valence-electron chi connectivity index (χ0n) is 14.9. The second-order valence-electron chi connectivity index (χ2n) is 6.80. The van der Waals surface area contributed by atoms with Gasteiger partial charge in [-0.05, 0) is 33.6 Å². The topological polar surface area (TPSA) is 93.0 Å². The van der Waals surface area contributed by atoms with E-state index in [1.54, 1.807) is 13.8 Å². The number of hydrogen-bond donors (Lipinski definition) is 0. The largest absolute Gasteiger partial charge is 0.375 e. The van der Waals surface area contributed by atoms with Crippen LogP contribution in [-0.4, -0.2) is 67.6 Å². The van der Waals surface area contributed by atoms with E-state index in [1.807, 2.05) is 11.8 Å². The van der Waals surface area contributed by atoms with Crippen molar-refractivity contribution in [3.05, 3.63) is 11.5 Å². The first kappa shape index (κ1) is 18.3. The Morgan fingerprint density at radius 3 is 2.44 bits per heavy atom. The number of nitrogens with zero attached hydrogens (tertiary/aromatic N) is 3. The van der Waals surface area contributed by atoms with Gasteiger partial charge in [-0.3, -0.25) is 4.79 Å². The second-order valence-corrected chi connectivity index (χ2v) is 8.67. The molecule has 0 aromatic carbocycles. The molecule has 0 unspecified atom stereocenters. The van der Waals surface area contributed by atoms with Gasteiger partial charge in [-0.1, -0.05) is 5.16 Å². The molecule has 0 aliphatic carbocycles. The number of piperidine rings is 1. The lowest BCUT2D eigenvalue weighted by Gasteiger charge is -2.36. The molecule has 9 heteroatoms. The quantitative estimate of drug-likeness (QED) is 0.785. The maximum absolute atomic E-state index is 12.8. The SMILES string of the molecule is Cc1noc(C)c1S(=O)(=O)N1CCC(C(=O)N2CCO[C@@H](C)C2)CC1. The Bertz CT molecular complexity index is 717. The zero-order chi connectivity index (χ0) is 18.2. The van der Waals surface area contributed by atoms with Crippen molar-refractivity contribution in [1.29, 1.82) is 0 Å². The van der Waals surface area contributed by atoms with Crippen molar-refractivity contribution in [3.63, 3.8) is 0 Å². The molecule has 2 aliphatic heterocycles. The summed E-state index contributed by atoms with van der Waals surface area (Å²) in [5, 5.41) is 3.74. The third-order valence-electron chi connectivity index (χ3n) is 4.92. The first-order valence-corrected chi connectivity index (χ1v) is 10.1. The lowest BCUT2D eigenvalue weighted by Crippen LogP contribution is -2.49. The van der Waals surface area contributed by atoms with Crippen LogP contribution in [0.1, 0.15) is 31.2 Å². The summed E-state index contributed by atoms with van der Waals surface area (Å²) in [6.07, 6.45) is 1.12. The Morgan fingerprint density at radius 2 is 1.88 bits per heavy atom. The molecule has 2 fully saturated rings. The summed E-state index contributed by atoms with van der Waals surface area (Å²) in [5.74, 6) is 0.295. The average Bonchev–Trinajstić information content (AvgIpc) is 2.93. The van der Waals surface area contributed by atoms with Crippen molar-refractivity contribution in [2.75, 3.05) is 32.8 Å². The van der Waals surface area contributed by atoms with Crippen LogP contribution in [0.15, 0.2) is 9.42 Å². The Morgan fingerprint density at radius 1 is 1.20 bits per heavy atom. The highest BCUT2D eigenvalue weighted by atomic mass is 32.2. The minimum Gasteiger partial charge on any atom is -0.375 e. The summed E-state index contributed by atoms with van der Waals surface area (Å²) in [7, 11) is -3.63. The Kier molecular flexibility index (Phi) is 5.17. The lowest BCUT2D eigenvalue weighted by molar-refractivity contribution is -0.143. The number of amides is 1. The van der Waals surface area contributed by atoms with Gasteiger partial charge in [0, 0.05) is 32.1 Å². The van der Waals surface area contributed by atoms with Gasteiger partial charge >= 0.3 is 0 Å². The number of sulfonamides is 1. The van der Waals surface area contributed by atoms with Gasteiger partial charge in [0.1, 0.15) is 10.6 Å². The summed E-state index contributed by atoms with van der Waals surface area (Å²) < 4.78 is 37.6. The Labute approximate surface area is 148 Å². The van der Waals surface area contributed by atoms with E-state index in [-0.39, 0.29) is 22.8 Å². The molecule has 1 aromatic rings. The maximum Gasteiger partial charge on any atom is 0.248 e. The molecule has 2 aliphatic rings. The highest BCUT2D eigenvalue weighted by Gasteiger charge is 2.37. The molecule has 3 heterocycles. The van der Waals surface area contributed by atoms with Crippen LogP contribution in [0.3, 0.4) is 0 Å². The van der Waals surface area contributed by atoms with E-state index < -0.39 is 10.0 Å². The van der Waals surface area contributed by atoms with Crippen molar-refractivity contribution in [3.8, 4) is 0 Å². The van der Waals surface area contributed by atoms with Crippen LogP contribution in [0.2, 0.25) is 0 Å². The normalized spacial score (nSPS) is 23.8. The molecule has 1 aromatic heterocycles. The van der Waals surface area contributed by atoms with E-state index in [2.05, 4.69) is 5.16 Å². The van der Waals surface area contributed by atoms with E-state index in [4.69, 9.17) is 9.26 Å². The molecule has 25 heavy (non-hydrogen) atoms. The number of hydrogen-bond acceptors (Lipinski definition) is 6. The van der Waals surface area contributed by atoms with E-state index in [9.17, 15) is 13.2 Å². The van der Waals surface area contributed by atoms with Gasteiger partial charge < -0.3 is 14.2 Å². The predicted octanol–water partition coefficient (Wildman–Crippen LogP) is 0.939. The van der Waals surface area contributed by atoms with Crippen LogP contribution in [0.5, 0.6) is 0 Å². The smallest absolute Gasteiger partial charge is 0.248 e. The third-order valence-corrected chi connectivity index (χ3v) is 7.07. The van der Waals surface area contributed by atoms with Gasteiger partial charge in [0.2, 0.25) is 15.9 Å². The molecule has 0 saturated carbocycles. The third kappa shape index (κ3) is 3.58. The number of rotatable bonds is 3. The predicted molar refractivity (Wildman–Crippen MR) is 89.5 cm³/mol. The average molecular weight is 371 g/mol. The van der Waals surface area contributed by atoms with Gasteiger partial charge in [-0.2, -0.15) is 4.31 Å². The van der Waals surface area contributed by atoms with Crippen LogP contribution >= 0.6 is 0 Å². The zero-order valence-corrected chi connectivity index (χ0v) is 15.7. The van der Waals surface area contributed by atoms with Crippen LogP contribution in [0.25, 0.3) is 0 Å². The van der Waals surface area contributed by atoms with E-state index >= 15 is 0 Å². The summed E-state index contributed by atoms with van der Waals surface area (Å²) >= 11 is 0. The second kappa shape index (κ2) is 7.05. The van der Waals surface area contributed by atoms with Gasteiger partial charge in [0.05, 0.1) is 12.7 Å². The first-order chi connectivity index (χ1) is 11.8. The van der Waals surface area contributed by atoms with E-state index in [0.717, 1.165) is 0 Å². The maximum atomic E-state index is 12.8. The minimum absolute atomic E-state index is 0.0534. The number of aromatic nitrogens is 1. The van der Waals surface area contributed by atoms with Crippen LogP contribution in [-0.2, 0) is 19.6 Å². The fraction of sp³-hybridized carbons (Fsp3) is 0.750. The molecule has 0 N–H and O–H groups in total. The van der Waals surface area contributed by atoms with Crippen molar-refractivity contribution in [2.45, 2.75) is 44.6 Å². The highest BCUT2D eigenvalue weighted by molar-refractivity contribution is 7.89. The standard InChI is InChI=1S/C16H25N3O5S/c1-11-10-18(8-9-23-11)16(20)14-4-6-19(7-5-14)25(21,22)15-12(2)17-24-13(15)3/h11,14H,4-10H2,1-3H3/t11-/m0/s1. The molecule has 0 spiro atoms. The van der Waals surface area contributed by atoms with Gasteiger partial charge in [0.25, 0.3) is 0 Å². The number of morpholine rings is 1. The molecule has 0 radical (unpaired) electrons. The molecule has 2 saturated heterocycles. The van der Waals surface area contributed by atoms with Crippen molar-refractivity contribution >= 4 is 15.9 Å². The molecule has 1 atom stereocenters. The highest BCUT2D eigenvalue weighted by Crippen LogP contribution is 2.28. The minimum atomic E-state index is -3.63. The fourth-order valence-corrected chi connectivity index (χ4v) is 5.35. The van der Waals surface area contributed by atoms with Crippen molar-refractivity contribution < 1.29 is 22.5 Å². The summed E-state index contributed by atoms with van der Waals surface area (Å²) in [4.78, 5) is 14.7. The monoisotopic (exact) mass is 371 g/mol. The molecule has 8 nitrogen and oxygen atoms in total. The molecule has 1 amide bonds. The first-order valence-electron chi connectivity index (χ1n) is 8.64.